The highest BCUT2D eigenvalue weighted by atomic mass is 16.5. The highest BCUT2D eigenvalue weighted by Gasteiger charge is 2.31. The van der Waals surface area contributed by atoms with Crippen LogP contribution in [0.5, 0.6) is 0 Å². The average molecular weight is 209 g/mol. The fourth-order valence-electron chi connectivity index (χ4n) is 1.77. The molecular formula is C12H19NO2. The lowest BCUT2D eigenvalue weighted by atomic mass is 9.98. The Morgan fingerprint density at radius 1 is 1.53 bits per heavy atom. The highest BCUT2D eigenvalue weighted by molar-refractivity contribution is 5.10. The standard InChI is InChI=1S/C12H19NO2/c1-4-12(3)8-14-11(7-13-12)10-6-5-9(2)15-10/h5-6,11,13H,4,7-8H2,1-3H3. The van der Waals surface area contributed by atoms with E-state index >= 15 is 0 Å². The second kappa shape index (κ2) is 3.99. The molecule has 1 aromatic heterocycles. The Kier molecular flexibility index (Phi) is 2.85. The molecule has 2 heterocycles. The van der Waals surface area contributed by atoms with Crippen LogP contribution in [0.2, 0.25) is 0 Å². The molecule has 2 unspecified atom stereocenters. The van der Waals surface area contributed by atoms with Crippen LogP contribution in [-0.4, -0.2) is 18.7 Å². The van der Waals surface area contributed by atoms with Crippen molar-refractivity contribution in [3.05, 3.63) is 23.7 Å². The first-order valence-corrected chi connectivity index (χ1v) is 5.56. The van der Waals surface area contributed by atoms with Crippen molar-refractivity contribution in [2.45, 2.75) is 38.8 Å². The summed E-state index contributed by atoms with van der Waals surface area (Å²) in [6.45, 7) is 7.89. The van der Waals surface area contributed by atoms with Crippen LogP contribution in [0.1, 0.15) is 37.9 Å². The van der Waals surface area contributed by atoms with E-state index in [2.05, 4.69) is 19.2 Å². The van der Waals surface area contributed by atoms with Crippen molar-refractivity contribution in [2.24, 2.45) is 0 Å². The predicted molar refractivity (Wildman–Crippen MR) is 58.8 cm³/mol. The maximum atomic E-state index is 5.83. The lowest BCUT2D eigenvalue weighted by molar-refractivity contribution is -0.0397. The number of morpholine rings is 1. The Labute approximate surface area is 90.8 Å². The number of aryl methyl sites for hydroxylation is 1. The summed E-state index contributed by atoms with van der Waals surface area (Å²) in [6.07, 6.45) is 1.15. The summed E-state index contributed by atoms with van der Waals surface area (Å²) in [7, 11) is 0. The summed E-state index contributed by atoms with van der Waals surface area (Å²) >= 11 is 0. The first-order chi connectivity index (χ1) is 7.13. The molecule has 2 rings (SSSR count). The third-order valence-electron chi connectivity index (χ3n) is 3.18. The van der Waals surface area contributed by atoms with Gasteiger partial charge in [-0.3, -0.25) is 0 Å². The van der Waals surface area contributed by atoms with Crippen molar-refractivity contribution in [3.63, 3.8) is 0 Å². The van der Waals surface area contributed by atoms with E-state index in [-0.39, 0.29) is 11.6 Å². The van der Waals surface area contributed by atoms with Crippen LogP contribution in [0.4, 0.5) is 0 Å². The Bertz CT molecular complexity index is 324. The molecule has 0 spiro atoms. The van der Waals surface area contributed by atoms with Gasteiger partial charge in [-0.25, -0.2) is 0 Å². The van der Waals surface area contributed by atoms with Crippen molar-refractivity contribution >= 4 is 0 Å². The second-order valence-corrected chi connectivity index (χ2v) is 4.54. The van der Waals surface area contributed by atoms with Gasteiger partial charge in [0.1, 0.15) is 17.6 Å². The molecule has 1 aromatic rings. The van der Waals surface area contributed by atoms with Gasteiger partial charge in [-0.2, -0.15) is 0 Å². The number of hydrogen-bond acceptors (Lipinski definition) is 3. The minimum Gasteiger partial charge on any atom is -0.464 e. The molecule has 1 fully saturated rings. The van der Waals surface area contributed by atoms with E-state index in [0.29, 0.717) is 0 Å². The first kappa shape index (κ1) is 10.7. The van der Waals surface area contributed by atoms with Crippen LogP contribution in [0.25, 0.3) is 0 Å². The van der Waals surface area contributed by atoms with E-state index in [4.69, 9.17) is 9.15 Å². The normalized spacial score (nSPS) is 31.8. The lowest BCUT2D eigenvalue weighted by Crippen LogP contribution is -2.52. The van der Waals surface area contributed by atoms with Crippen molar-refractivity contribution in [1.82, 2.24) is 5.32 Å². The molecule has 1 aliphatic rings. The Hall–Kier alpha value is -0.800. The summed E-state index contributed by atoms with van der Waals surface area (Å²) in [5.41, 5.74) is 0.123. The zero-order valence-corrected chi connectivity index (χ0v) is 9.67. The number of rotatable bonds is 2. The maximum absolute atomic E-state index is 5.83. The van der Waals surface area contributed by atoms with Crippen LogP contribution in [-0.2, 0) is 4.74 Å². The van der Waals surface area contributed by atoms with E-state index < -0.39 is 0 Å². The topological polar surface area (TPSA) is 34.4 Å². The Morgan fingerprint density at radius 2 is 2.33 bits per heavy atom. The summed E-state index contributed by atoms with van der Waals surface area (Å²) in [5, 5.41) is 3.52. The van der Waals surface area contributed by atoms with Gasteiger partial charge in [-0.1, -0.05) is 6.92 Å². The van der Waals surface area contributed by atoms with Crippen LogP contribution in [0.15, 0.2) is 16.5 Å². The number of nitrogens with one attached hydrogen (secondary N) is 1. The molecule has 2 atom stereocenters. The summed E-state index contributed by atoms with van der Waals surface area (Å²) in [4.78, 5) is 0. The predicted octanol–water partition coefficient (Wildman–Crippen LogP) is 2.42. The molecule has 3 nitrogen and oxygen atoms in total. The van der Waals surface area contributed by atoms with E-state index in [0.717, 1.165) is 31.1 Å². The SMILES string of the molecule is CCC1(C)COC(c2ccc(C)o2)CN1. The average Bonchev–Trinajstić information content (AvgIpc) is 2.66. The van der Waals surface area contributed by atoms with Gasteiger partial charge in [0.25, 0.3) is 0 Å². The van der Waals surface area contributed by atoms with Gasteiger partial charge >= 0.3 is 0 Å². The molecule has 3 heteroatoms. The lowest BCUT2D eigenvalue weighted by Gasteiger charge is -2.37. The summed E-state index contributed by atoms with van der Waals surface area (Å²) in [5.74, 6) is 1.87. The third kappa shape index (κ3) is 2.24. The Morgan fingerprint density at radius 3 is 2.80 bits per heavy atom. The Balaban J connectivity index is 1.99. The highest BCUT2D eigenvalue weighted by Crippen LogP contribution is 2.26. The van der Waals surface area contributed by atoms with Gasteiger partial charge in [0.05, 0.1) is 6.61 Å². The second-order valence-electron chi connectivity index (χ2n) is 4.54. The molecule has 84 valence electrons. The van der Waals surface area contributed by atoms with Crippen LogP contribution in [0.3, 0.4) is 0 Å². The van der Waals surface area contributed by atoms with Crippen LogP contribution >= 0.6 is 0 Å². The molecule has 1 saturated heterocycles. The summed E-state index contributed by atoms with van der Waals surface area (Å²) in [6, 6.07) is 3.97. The quantitative estimate of drug-likeness (QED) is 0.812. The van der Waals surface area contributed by atoms with Crippen molar-refractivity contribution in [1.29, 1.82) is 0 Å². The van der Waals surface area contributed by atoms with Gasteiger partial charge in [0.15, 0.2) is 0 Å². The van der Waals surface area contributed by atoms with Crippen molar-refractivity contribution in [3.8, 4) is 0 Å². The fourth-order valence-corrected chi connectivity index (χ4v) is 1.77. The van der Waals surface area contributed by atoms with Gasteiger partial charge in [0, 0.05) is 12.1 Å². The minimum absolute atomic E-state index is 0.0679. The number of ether oxygens (including phenoxy) is 1. The zero-order valence-electron chi connectivity index (χ0n) is 9.67. The van der Waals surface area contributed by atoms with Gasteiger partial charge in [-0.15, -0.1) is 0 Å². The minimum atomic E-state index is 0.0679. The molecule has 0 bridgehead atoms. The van der Waals surface area contributed by atoms with Gasteiger partial charge in [-0.05, 0) is 32.4 Å². The molecule has 1 N–H and O–H groups in total. The molecule has 0 radical (unpaired) electrons. The van der Waals surface area contributed by atoms with E-state index in [1.165, 1.54) is 0 Å². The molecule has 1 aliphatic heterocycles. The van der Waals surface area contributed by atoms with Gasteiger partial charge in [0.2, 0.25) is 0 Å². The molecular weight excluding hydrogens is 190 g/mol. The molecule has 0 aliphatic carbocycles. The number of hydrogen-bond donors (Lipinski definition) is 1. The van der Waals surface area contributed by atoms with E-state index in [1.54, 1.807) is 0 Å². The van der Waals surface area contributed by atoms with Crippen LogP contribution in [0, 0.1) is 6.92 Å². The van der Waals surface area contributed by atoms with E-state index in [9.17, 15) is 0 Å². The first-order valence-electron chi connectivity index (χ1n) is 5.56. The van der Waals surface area contributed by atoms with Crippen molar-refractivity contribution < 1.29 is 9.15 Å². The fraction of sp³-hybridized carbons (Fsp3) is 0.667. The summed E-state index contributed by atoms with van der Waals surface area (Å²) < 4.78 is 11.4. The largest absolute Gasteiger partial charge is 0.464 e. The smallest absolute Gasteiger partial charge is 0.134 e. The van der Waals surface area contributed by atoms with Crippen molar-refractivity contribution in [2.75, 3.05) is 13.2 Å². The molecule has 15 heavy (non-hydrogen) atoms. The van der Waals surface area contributed by atoms with E-state index in [1.807, 2.05) is 19.1 Å². The van der Waals surface area contributed by atoms with Gasteiger partial charge < -0.3 is 14.5 Å². The third-order valence-corrected chi connectivity index (χ3v) is 3.18. The zero-order chi connectivity index (χ0) is 10.9. The van der Waals surface area contributed by atoms with Crippen LogP contribution < -0.4 is 5.32 Å². The molecule has 0 aromatic carbocycles. The molecule has 0 amide bonds. The number of furan rings is 1. The molecule has 0 saturated carbocycles. The maximum Gasteiger partial charge on any atom is 0.134 e. The monoisotopic (exact) mass is 209 g/mol.